The number of carboxylic acid groups (broad SMARTS) is 1. The van der Waals surface area contributed by atoms with Gasteiger partial charge in [-0.2, -0.15) is 0 Å². The summed E-state index contributed by atoms with van der Waals surface area (Å²) in [5.41, 5.74) is 8.56. The van der Waals surface area contributed by atoms with E-state index in [-0.39, 0.29) is 13.2 Å². The molecule has 0 aromatic rings. The molecule has 8 nitrogen and oxygen atoms in total. The normalized spacial score (nSPS) is 12.6. The Labute approximate surface area is 123 Å². The van der Waals surface area contributed by atoms with Gasteiger partial charge in [0.15, 0.2) is 11.6 Å². The summed E-state index contributed by atoms with van der Waals surface area (Å²) in [5.74, 6) is -5.93. The van der Waals surface area contributed by atoms with Crippen LogP contribution in [0, 0.1) is 5.92 Å². The number of rotatable bonds is 10. The highest BCUT2D eigenvalue weighted by Gasteiger charge is 2.50. The molecule has 0 amide bonds. The molecular formula is C13H24N2O6. The molecule has 0 saturated carbocycles. The first-order valence-corrected chi connectivity index (χ1v) is 6.93. The molecule has 1 atom stereocenters. The Kier molecular flexibility index (Phi) is 8.56. The van der Waals surface area contributed by atoms with Crippen LogP contribution in [0.4, 0.5) is 0 Å². The van der Waals surface area contributed by atoms with E-state index < -0.39 is 29.5 Å². The second kappa shape index (κ2) is 9.30. The first kappa shape index (κ1) is 19.3. The lowest BCUT2D eigenvalue weighted by Crippen LogP contribution is -2.66. The average molecular weight is 304 g/mol. The molecule has 0 aromatic heterocycles. The quantitative estimate of drug-likeness (QED) is 0.221. The van der Waals surface area contributed by atoms with E-state index in [1.165, 1.54) is 0 Å². The van der Waals surface area contributed by atoms with Gasteiger partial charge in [0.25, 0.3) is 0 Å². The Morgan fingerprint density at radius 1 is 1.05 bits per heavy atom. The summed E-state index contributed by atoms with van der Waals surface area (Å²) in [6, 6.07) is 0. The zero-order chi connectivity index (χ0) is 16.5. The minimum atomic E-state index is -2.47. The van der Waals surface area contributed by atoms with Crippen molar-refractivity contribution < 1.29 is 29.0 Å². The van der Waals surface area contributed by atoms with Crippen LogP contribution in [0.5, 0.6) is 0 Å². The molecule has 0 aromatic carbocycles. The molecule has 0 bridgehead atoms. The number of carbonyl (C=O) groups is 3. The smallest absolute Gasteiger partial charge is 0.342 e. The van der Waals surface area contributed by atoms with Crippen molar-refractivity contribution in [2.45, 2.75) is 45.2 Å². The van der Waals surface area contributed by atoms with Crippen molar-refractivity contribution in [3.8, 4) is 0 Å². The topological polar surface area (TPSA) is 142 Å². The first-order chi connectivity index (χ1) is 9.78. The molecule has 5 N–H and O–H groups in total. The Bertz CT molecular complexity index is 370. The highest BCUT2D eigenvalue weighted by atomic mass is 16.5. The van der Waals surface area contributed by atoms with E-state index in [0.29, 0.717) is 12.8 Å². The van der Waals surface area contributed by atoms with Gasteiger partial charge >= 0.3 is 17.9 Å². The van der Waals surface area contributed by atoms with Crippen molar-refractivity contribution in [1.82, 2.24) is 0 Å². The van der Waals surface area contributed by atoms with Crippen molar-refractivity contribution in [3.63, 3.8) is 0 Å². The fourth-order valence-electron chi connectivity index (χ4n) is 1.45. The van der Waals surface area contributed by atoms with Crippen molar-refractivity contribution in [2.24, 2.45) is 17.4 Å². The van der Waals surface area contributed by atoms with Gasteiger partial charge in [-0.25, -0.2) is 4.79 Å². The lowest BCUT2D eigenvalue weighted by atomic mass is 9.94. The second-order valence-electron chi connectivity index (χ2n) is 4.71. The number of hydrogen-bond donors (Lipinski definition) is 3. The van der Waals surface area contributed by atoms with Crippen molar-refractivity contribution >= 4 is 17.9 Å². The highest BCUT2D eigenvalue weighted by Crippen LogP contribution is 2.15. The third-order valence-corrected chi connectivity index (χ3v) is 2.79. The summed E-state index contributed by atoms with van der Waals surface area (Å²) in [7, 11) is 0. The number of nitrogens with two attached hydrogens (primary N) is 2. The zero-order valence-corrected chi connectivity index (χ0v) is 12.5. The Morgan fingerprint density at radius 3 is 1.95 bits per heavy atom. The average Bonchev–Trinajstić information content (AvgIpc) is 2.38. The summed E-state index contributed by atoms with van der Waals surface area (Å²) >= 11 is 0. The molecule has 0 aliphatic rings. The van der Waals surface area contributed by atoms with Gasteiger partial charge in [0.05, 0.1) is 13.2 Å². The van der Waals surface area contributed by atoms with E-state index in [2.05, 4.69) is 0 Å². The summed E-state index contributed by atoms with van der Waals surface area (Å²) in [6.07, 6.45) is 2.69. The van der Waals surface area contributed by atoms with Crippen molar-refractivity contribution in [1.29, 1.82) is 0 Å². The number of esters is 2. The third kappa shape index (κ3) is 6.09. The lowest BCUT2D eigenvalue weighted by molar-refractivity contribution is -0.171. The standard InChI is InChI=1S/C13H24N2O6/c1-3-5-7-20-11(18)9(10(16)17)13(14,15)12(19)21-8-6-4-2/h9H,3-8,14-15H2,1-2H3,(H,16,17). The fourth-order valence-corrected chi connectivity index (χ4v) is 1.45. The van der Waals surface area contributed by atoms with Crippen LogP contribution in [0.15, 0.2) is 0 Å². The predicted octanol–water partition coefficient (Wildman–Crippen LogP) is -0.0125. The molecule has 21 heavy (non-hydrogen) atoms. The van der Waals surface area contributed by atoms with Gasteiger partial charge in [0, 0.05) is 0 Å². The van der Waals surface area contributed by atoms with E-state index in [0.717, 1.165) is 12.8 Å². The van der Waals surface area contributed by atoms with Crippen LogP contribution >= 0.6 is 0 Å². The maximum atomic E-state index is 11.8. The number of carboxylic acids is 1. The summed E-state index contributed by atoms with van der Waals surface area (Å²) in [4.78, 5) is 34.7. The van der Waals surface area contributed by atoms with Crippen LogP contribution in [0.25, 0.3) is 0 Å². The molecule has 0 spiro atoms. The van der Waals surface area contributed by atoms with E-state index >= 15 is 0 Å². The molecule has 122 valence electrons. The fraction of sp³-hybridized carbons (Fsp3) is 0.769. The van der Waals surface area contributed by atoms with Crippen LogP contribution in [0.1, 0.15) is 39.5 Å². The second-order valence-corrected chi connectivity index (χ2v) is 4.71. The zero-order valence-electron chi connectivity index (χ0n) is 12.5. The van der Waals surface area contributed by atoms with Gasteiger partial charge in [-0.1, -0.05) is 26.7 Å². The summed E-state index contributed by atoms with van der Waals surface area (Å²) < 4.78 is 9.57. The van der Waals surface area contributed by atoms with Crippen LogP contribution in [0.3, 0.4) is 0 Å². The minimum absolute atomic E-state index is 0.0417. The van der Waals surface area contributed by atoms with Gasteiger partial charge in [0.2, 0.25) is 0 Å². The number of hydrogen-bond acceptors (Lipinski definition) is 7. The van der Waals surface area contributed by atoms with Crippen LogP contribution < -0.4 is 11.5 Å². The SMILES string of the molecule is CCCCOC(=O)C(C(=O)O)C(N)(N)C(=O)OCCCC. The van der Waals surface area contributed by atoms with Crippen LogP contribution in [-0.4, -0.2) is 41.9 Å². The molecule has 0 saturated heterocycles. The molecule has 8 heteroatoms. The number of aliphatic carboxylic acids is 1. The third-order valence-electron chi connectivity index (χ3n) is 2.79. The molecule has 0 fully saturated rings. The first-order valence-electron chi connectivity index (χ1n) is 6.93. The molecule has 0 aliphatic heterocycles. The van der Waals surface area contributed by atoms with E-state index in [1.54, 1.807) is 0 Å². The number of unbranched alkanes of at least 4 members (excludes halogenated alkanes) is 2. The van der Waals surface area contributed by atoms with Crippen LogP contribution in [0.2, 0.25) is 0 Å². The van der Waals surface area contributed by atoms with Crippen molar-refractivity contribution in [2.75, 3.05) is 13.2 Å². The monoisotopic (exact) mass is 304 g/mol. The van der Waals surface area contributed by atoms with Gasteiger partial charge in [-0.3, -0.25) is 9.59 Å². The molecule has 0 aliphatic carbocycles. The number of ether oxygens (including phenoxy) is 2. The maximum Gasteiger partial charge on any atom is 0.342 e. The minimum Gasteiger partial charge on any atom is -0.480 e. The van der Waals surface area contributed by atoms with E-state index in [1.807, 2.05) is 13.8 Å². The van der Waals surface area contributed by atoms with Crippen LogP contribution in [-0.2, 0) is 23.9 Å². The molecule has 0 radical (unpaired) electrons. The highest BCUT2D eigenvalue weighted by molar-refractivity contribution is 6.01. The van der Waals surface area contributed by atoms with Gasteiger partial charge in [-0.05, 0) is 12.8 Å². The van der Waals surface area contributed by atoms with Gasteiger partial charge in [0.1, 0.15) is 0 Å². The van der Waals surface area contributed by atoms with Crippen molar-refractivity contribution in [3.05, 3.63) is 0 Å². The van der Waals surface area contributed by atoms with E-state index in [4.69, 9.17) is 26.0 Å². The molecular weight excluding hydrogens is 280 g/mol. The molecule has 0 rings (SSSR count). The maximum absolute atomic E-state index is 11.8. The molecule has 0 heterocycles. The van der Waals surface area contributed by atoms with Gasteiger partial charge < -0.3 is 26.0 Å². The Balaban J connectivity index is 4.85. The Hall–Kier alpha value is -1.67. The Morgan fingerprint density at radius 2 is 1.52 bits per heavy atom. The predicted molar refractivity (Wildman–Crippen MR) is 74.0 cm³/mol. The van der Waals surface area contributed by atoms with E-state index in [9.17, 15) is 14.4 Å². The summed E-state index contributed by atoms with van der Waals surface area (Å²) in [6.45, 7) is 3.86. The van der Waals surface area contributed by atoms with Gasteiger partial charge in [-0.15, -0.1) is 0 Å². The largest absolute Gasteiger partial charge is 0.480 e. The molecule has 1 unspecified atom stereocenters. The summed E-state index contributed by atoms with van der Waals surface area (Å²) in [5, 5.41) is 9.09. The number of carbonyl (C=O) groups excluding carboxylic acids is 2. The lowest BCUT2D eigenvalue weighted by Gasteiger charge is -2.27.